The highest BCUT2D eigenvalue weighted by atomic mass is 32.1. The number of amides is 1. The van der Waals surface area contributed by atoms with Crippen LogP contribution in [0.5, 0.6) is 0 Å². The lowest BCUT2D eigenvalue weighted by atomic mass is 10.3. The van der Waals surface area contributed by atoms with Gasteiger partial charge < -0.3 is 15.7 Å². The van der Waals surface area contributed by atoms with E-state index in [0.29, 0.717) is 10.8 Å². The molecule has 0 aliphatic carbocycles. The van der Waals surface area contributed by atoms with Crippen LogP contribution in [0.15, 0.2) is 5.38 Å². The molecular weight excluding hydrogens is 242 g/mol. The first-order chi connectivity index (χ1) is 7.97. The average Bonchev–Trinajstić information content (AvgIpc) is 2.60. The highest BCUT2D eigenvalue weighted by molar-refractivity contribution is 7.13. The molecule has 3 N–H and O–H groups in total. The number of aliphatic carboxylic acids is 1. The normalized spacial score (nSPS) is 10.3. The van der Waals surface area contributed by atoms with Gasteiger partial charge in [0.25, 0.3) is 0 Å². The van der Waals surface area contributed by atoms with Crippen LogP contribution in [0.3, 0.4) is 0 Å². The van der Waals surface area contributed by atoms with Crippen molar-refractivity contribution < 1.29 is 14.7 Å². The zero-order chi connectivity index (χ0) is 12.8. The van der Waals surface area contributed by atoms with Crippen molar-refractivity contribution in [2.45, 2.75) is 26.3 Å². The quantitative estimate of drug-likeness (QED) is 0.698. The van der Waals surface area contributed by atoms with Crippen molar-refractivity contribution in [1.82, 2.24) is 10.3 Å². The topological polar surface area (TPSA) is 91.3 Å². The van der Waals surface area contributed by atoms with Crippen LogP contribution in [0.4, 0.5) is 5.13 Å². The van der Waals surface area contributed by atoms with E-state index >= 15 is 0 Å². The molecular formula is C10H15N3O3S. The first-order valence-corrected chi connectivity index (χ1v) is 6.04. The highest BCUT2D eigenvalue weighted by Crippen LogP contribution is 2.15. The molecule has 1 amide bonds. The van der Waals surface area contributed by atoms with Crippen LogP contribution in [-0.4, -0.2) is 34.6 Å². The fraction of sp³-hybridized carbons (Fsp3) is 0.500. The lowest BCUT2D eigenvalue weighted by Crippen LogP contribution is -2.34. The molecule has 1 heterocycles. The third-order valence-electron chi connectivity index (χ3n) is 1.73. The number of thiazole rings is 1. The summed E-state index contributed by atoms with van der Waals surface area (Å²) in [6.07, 6.45) is -0.101. The van der Waals surface area contributed by atoms with Crippen LogP contribution in [0, 0.1) is 0 Å². The van der Waals surface area contributed by atoms with Crippen LogP contribution in [0.2, 0.25) is 0 Å². The number of hydrogen-bond acceptors (Lipinski definition) is 5. The first kappa shape index (κ1) is 13.4. The van der Waals surface area contributed by atoms with Crippen molar-refractivity contribution in [3.63, 3.8) is 0 Å². The van der Waals surface area contributed by atoms with Crippen molar-refractivity contribution in [2.24, 2.45) is 0 Å². The molecule has 0 spiro atoms. The molecule has 6 nitrogen and oxygen atoms in total. The number of carboxylic acid groups (broad SMARTS) is 1. The smallest absolute Gasteiger partial charge is 0.309 e. The Labute approximate surface area is 103 Å². The summed E-state index contributed by atoms with van der Waals surface area (Å²) in [6.45, 7) is 3.90. The zero-order valence-corrected chi connectivity index (χ0v) is 10.5. The Hall–Kier alpha value is -1.63. The van der Waals surface area contributed by atoms with Gasteiger partial charge in [-0.1, -0.05) is 0 Å². The van der Waals surface area contributed by atoms with Gasteiger partial charge in [-0.05, 0) is 13.8 Å². The summed E-state index contributed by atoms with van der Waals surface area (Å²) >= 11 is 1.29. The van der Waals surface area contributed by atoms with Crippen LogP contribution in [0.1, 0.15) is 19.5 Å². The molecule has 0 atom stereocenters. The van der Waals surface area contributed by atoms with E-state index in [4.69, 9.17) is 5.11 Å². The first-order valence-electron chi connectivity index (χ1n) is 5.17. The van der Waals surface area contributed by atoms with E-state index in [1.807, 2.05) is 13.8 Å². The summed E-state index contributed by atoms with van der Waals surface area (Å²) in [5, 5.41) is 16.4. The average molecular weight is 257 g/mol. The van der Waals surface area contributed by atoms with E-state index in [0.717, 1.165) is 0 Å². The number of aromatic nitrogens is 1. The standard InChI is InChI=1S/C10H15N3O3S/c1-6(2)12-8(14)4-11-10-13-7(5-17-10)3-9(15)16/h5-6H,3-4H2,1-2H3,(H,11,13)(H,12,14)(H,15,16). The zero-order valence-electron chi connectivity index (χ0n) is 9.69. The minimum atomic E-state index is -0.917. The maximum Gasteiger partial charge on any atom is 0.309 e. The molecule has 94 valence electrons. The van der Waals surface area contributed by atoms with E-state index in [9.17, 15) is 9.59 Å². The second-order valence-electron chi connectivity index (χ2n) is 3.79. The number of carbonyl (C=O) groups is 2. The van der Waals surface area contributed by atoms with Crippen molar-refractivity contribution >= 4 is 28.3 Å². The Morgan fingerprint density at radius 1 is 1.53 bits per heavy atom. The van der Waals surface area contributed by atoms with E-state index < -0.39 is 5.97 Å². The SMILES string of the molecule is CC(C)NC(=O)CNc1nc(CC(=O)O)cs1. The van der Waals surface area contributed by atoms with Crippen molar-refractivity contribution in [1.29, 1.82) is 0 Å². The van der Waals surface area contributed by atoms with Gasteiger partial charge in [-0.25, -0.2) is 4.98 Å². The van der Waals surface area contributed by atoms with Gasteiger partial charge in [-0.2, -0.15) is 0 Å². The third kappa shape index (κ3) is 5.30. The van der Waals surface area contributed by atoms with E-state index in [-0.39, 0.29) is 24.9 Å². The van der Waals surface area contributed by atoms with Crippen molar-refractivity contribution in [3.8, 4) is 0 Å². The summed E-state index contributed by atoms with van der Waals surface area (Å²) in [7, 11) is 0. The number of carboxylic acids is 1. The molecule has 1 aromatic rings. The molecule has 0 aromatic carbocycles. The van der Waals surface area contributed by atoms with Crippen molar-refractivity contribution in [2.75, 3.05) is 11.9 Å². The molecule has 0 saturated carbocycles. The van der Waals surface area contributed by atoms with E-state index in [1.54, 1.807) is 5.38 Å². The molecule has 0 saturated heterocycles. The maximum atomic E-state index is 11.3. The Kier molecular flexibility index (Phi) is 4.89. The fourth-order valence-electron chi connectivity index (χ4n) is 1.15. The molecule has 0 radical (unpaired) electrons. The van der Waals surface area contributed by atoms with Gasteiger partial charge in [0, 0.05) is 11.4 Å². The van der Waals surface area contributed by atoms with Gasteiger partial charge in [-0.15, -0.1) is 11.3 Å². The summed E-state index contributed by atoms with van der Waals surface area (Å²) < 4.78 is 0. The summed E-state index contributed by atoms with van der Waals surface area (Å²) in [5.41, 5.74) is 0.495. The second kappa shape index (κ2) is 6.19. The molecule has 1 aromatic heterocycles. The van der Waals surface area contributed by atoms with Gasteiger partial charge in [-0.3, -0.25) is 9.59 Å². The Morgan fingerprint density at radius 2 is 2.24 bits per heavy atom. The largest absolute Gasteiger partial charge is 0.481 e. The van der Waals surface area contributed by atoms with Gasteiger partial charge >= 0.3 is 5.97 Å². The van der Waals surface area contributed by atoms with Gasteiger partial charge in [0.15, 0.2) is 5.13 Å². The van der Waals surface area contributed by atoms with Crippen LogP contribution in [0.25, 0.3) is 0 Å². The molecule has 0 unspecified atom stereocenters. The number of anilines is 1. The van der Waals surface area contributed by atoms with Gasteiger partial charge in [0.1, 0.15) is 0 Å². The number of rotatable bonds is 6. The predicted octanol–water partition coefficient (Wildman–Crippen LogP) is 0.707. The lowest BCUT2D eigenvalue weighted by Gasteiger charge is -2.08. The highest BCUT2D eigenvalue weighted by Gasteiger charge is 2.07. The van der Waals surface area contributed by atoms with E-state index in [1.165, 1.54) is 11.3 Å². The van der Waals surface area contributed by atoms with Crippen LogP contribution < -0.4 is 10.6 Å². The maximum absolute atomic E-state index is 11.3. The third-order valence-corrected chi connectivity index (χ3v) is 2.58. The molecule has 0 aliphatic rings. The minimum Gasteiger partial charge on any atom is -0.481 e. The predicted molar refractivity (Wildman–Crippen MR) is 65.2 cm³/mol. The Balaban J connectivity index is 2.39. The minimum absolute atomic E-state index is 0.100. The lowest BCUT2D eigenvalue weighted by molar-refractivity contribution is -0.136. The van der Waals surface area contributed by atoms with Crippen molar-refractivity contribution in [3.05, 3.63) is 11.1 Å². The Bertz CT molecular complexity index is 403. The number of carbonyl (C=O) groups excluding carboxylic acids is 1. The molecule has 0 fully saturated rings. The Morgan fingerprint density at radius 3 is 2.82 bits per heavy atom. The fourth-order valence-corrected chi connectivity index (χ4v) is 1.86. The monoisotopic (exact) mass is 257 g/mol. The van der Waals surface area contributed by atoms with Crippen LogP contribution in [-0.2, 0) is 16.0 Å². The molecule has 7 heteroatoms. The van der Waals surface area contributed by atoms with Crippen LogP contribution >= 0.6 is 11.3 Å². The summed E-state index contributed by atoms with van der Waals surface area (Å²) in [5.74, 6) is -1.03. The van der Waals surface area contributed by atoms with Gasteiger partial charge in [0.05, 0.1) is 18.7 Å². The summed E-state index contributed by atoms with van der Waals surface area (Å²) in [6, 6.07) is 0.100. The molecule has 0 aliphatic heterocycles. The number of nitrogens with one attached hydrogen (secondary N) is 2. The second-order valence-corrected chi connectivity index (χ2v) is 4.65. The number of nitrogens with zero attached hydrogens (tertiary/aromatic N) is 1. The molecule has 1 rings (SSSR count). The molecule has 17 heavy (non-hydrogen) atoms. The molecule has 0 bridgehead atoms. The summed E-state index contributed by atoms with van der Waals surface area (Å²) in [4.78, 5) is 25.8. The van der Waals surface area contributed by atoms with Gasteiger partial charge in [0.2, 0.25) is 5.91 Å². The number of hydrogen-bond donors (Lipinski definition) is 3. The van der Waals surface area contributed by atoms with E-state index in [2.05, 4.69) is 15.6 Å².